The Bertz CT molecular complexity index is 1480. The van der Waals surface area contributed by atoms with Crippen molar-refractivity contribution >= 4 is 28.5 Å². The van der Waals surface area contributed by atoms with E-state index in [-0.39, 0.29) is 23.6 Å². The summed E-state index contributed by atoms with van der Waals surface area (Å²) in [7, 11) is 1.46. The van der Waals surface area contributed by atoms with E-state index in [9.17, 15) is 14.7 Å². The molecule has 0 bridgehead atoms. The lowest BCUT2D eigenvalue weighted by atomic mass is 9.80. The van der Waals surface area contributed by atoms with Gasteiger partial charge in [-0.15, -0.1) is 0 Å². The third kappa shape index (κ3) is 5.95. The zero-order chi connectivity index (χ0) is 28.1. The lowest BCUT2D eigenvalue weighted by Gasteiger charge is -2.39. The number of carbonyl (C=O) groups is 2. The van der Waals surface area contributed by atoms with Crippen molar-refractivity contribution in [1.82, 2.24) is 10.2 Å². The van der Waals surface area contributed by atoms with Crippen molar-refractivity contribution in [2.24, 2.45) is 5.92 Å². The van der Waals surface area contributed by atoms with Gasteiger partial charge in [0.1, 0.15) is 5.75 Å². The Balaban J connectivity index is 1.32. The van der Waals surface area contributed by atoms with Crippen molar-refractivity contribution in [3.05, 3.63) is 108 Å². The van der Waals surface area contributed by atoms with Crippen LogP contribution >= 0.6 is 0 Å². The first-order valence-electron chi connectivity index (χ1n) is 13.7. The molecule has 1 heterocycles. The Kier molecular flexibility index (Phi) is 8.31. The molecule has 1 fully saturated rings. The summed E-state index contributed by atoms with van der Waals surface area (Å²) in [6, 6.07) is 29.8. The van der Waals surface area contributed by atoms with Crippen LogP contribution in [0.1, 0.15) is 46.8 Å². The van der Waals surface area contributed by atoms with Crippen LogP contribution in [-0.2, 0) is 0 Å². The Morgan fingerprint density at radius 3 is 2.52 bits per heavy atom. The maximum Gasteiger partial charge on any atom is 0.335 e. The molecule has 2 unspecified atom stereocenters. The van der Waals surface area contributed by atoms with Crippen molar-refractivity contribution in [3.63, 3.8) is 0 Å². The number of carboxylic acid groups (broad SMARTS) is 1. The van der Waals surface area contributed by atoms with Gasteiger partial charge in [-0.2, -0.15) is 0 Å². The first-order valence-corrected chi connectivity index (χ1v) is 13.7. The summed E-state index contributed by atoms with van der Waals surface area (Å²) >= 11 is 0. The highest BCUT2D eigenvalue weighted by atomic mass is 16.5. The fourth-order valence-electron chi connectivity index (χ4n) is 5.75. The molecule has 40 heavy (non-hydrogen) atoms. The van der Waals surface area contributed by atoms with Crippen LogP contribution in [-0.4, -0.2) is 48.8 Å². The van der Waals surface area contributed by atoms with E-state index < -0.39 is 5.97 Å². The average molecular weight is 538 g/mol. The standard InChI is InChI=1S/C33H35N3O4/c1-22(27-14-8-12-24-11-6-7-13-29(24)27)34-20-26-21-36(18-17-28(26)23-9-4-3-5-10-23)33(39)35-30-16-15-25(32(37)38)19-31(30)40-2/h3-16,19,22,26,28,34H,17-18,20-21H2,1-2H3,(H,35,39)(H,37,38)/t22-,26?,28?/m1/s1. The minimum absolute atomic E-state index is 0.102. The van der Waals surface area contributed by atoms with Crippen molar-refractivity contribution in [3.8, 4) is 5.75 Å². The van der Waals surface area contributed by atoms with E-state index in [1.807, 2.05) is 11.0 Å². The van der Waals surface area contributed by atoms with Crippen LogP contribution in [0.2, 0.25) is 0 Å². The maximum absolute atomic E-state index is 13.4. The summed E-state index contributed by atoms with van der Waals surface area (Å²) in [4.78, 5) is 26.6. The van der Waals surface area contributed by atoms with Crippen LogP contribution in [0, 0.1) is 5.92 Å². The van der Waals surface area contributed by atoms with E-state index >= 15 is 0 Å². The van der Waals surface area contributed by atoms with Gasteiger partial charge in [0.15, 0.2) is 0 Å². The topological polar surface area (TPSA) is 90.9 Å². The number of carboxylic acids is 1. The number of anilines is 1. The molecule has 0 spiro atoms. The Hall–Kier alpha value is -4.36. The number of hydrogen-bond acceptors (Lipinski definition) is 4. The number of carbonyl (C=O) groups excluding carboxylic acids is 1. The van der Waals surface area contributed by atoms with Gasteiger partial charge in [0, 0.05) is 25.7 Å². The molecule has 4 aromatic carbocycles. The fourth-order valence-corrected chi connectivity index (χ4v) is 5.75. The van der Waals surface area contributed by atoms with Gasteiger partial charge in [0.25, 0.3) is 0 Å². The number of piperidine rings is 1. The van der Waals surface area contributed by atoms with Gasteiger partial charge >= 0.3 is 12.0 Å². The molecule has 5 rings (SSSR count). The van der Waals surface area contributed by atoms with Crippen LogP contribution in [0.3, 0.4) is 0 Å². The number of nitrogens with zero attached hydrogens (tertiary/aromatic N) is 1. The van der Waals surface area contributed by atoms with Crippen LogP contribution < -0.4 is 15.4 Å². The van der Waals surface area contributed by atoms with Gasteiger partial charge in [0.2, 0.25) is 0 Å². The van der Waals surface area contributed by atoms with Crippen LogP contribution in [0.4, 0.5) is 10.5 Å². The maximum atomic E-state index is 13.4. The summed E-state index contributed by atoms with van der Waals surface area (Å²) in [5.41, 5.74) is 3.10. The predicted octanol–water partition coefficient (Wildman–Crippen LogP) is 6.54. The summed E-state index contributed by atoms with van der Waals surface area (Å²) in [6.07, 6.45) is 0.849. The molecule has 0 aliphatic carbocycles. The van der Waals surface area contributed by atoms with E-state index in [4.69, 9.17) is 4.74 Å². The van der Waals surface area contributed by atoms with E-state index in [0.717, 1.165) is 13.0 Å². The van der Waals surface area contributed by atoms with E-state index in [0.29, 0.717) is 30.4 Å². The molecule has 4 aromatic rings. The van der Waals surface area contributed by atoms with Gasteiger partial charge in [-0.25, -0.2) is 9.59 Å². The second kappa shape index (κ2) is 12.2. The number of amides is 2. The van der Waals surface area contributed by atoms with Crippen molar-refractivity contribution in [1.29, 1.82) is 0 Å². The van der Waals surface area contributed by atoms with Gasteiger partial charge in [-0.05, 0) is 65.3 Å². The third-order valence-corrected chi connectivity index (χ3v) is 7.92. The number of methoxy groups -OCH3 is 1. The zero-order valence-corrected chi connectivity index (χ0v) is 22.8. The Morgan fingerprint density at radius 1 is 1.00 bits per heavy atom. The quantitative estimate of drug-likeness (QED) is 0.238. The van der Waals surface area contributed by atoms with Crippen LogP contribution in [0.5, 0.6) is 5.75 Å². The molecule has 0 radical (unpaired) electrons. The van der Waals surface area contributed by atoms with Crippen molar-refractivity contribution in [2.75, 3.05) is 32.1 Å². The second-order valence-corrected chi connectivity index (χ2v) is 10.4. The largest absolute Gasteiger partial charge is 0.495 e. The van der Waals surface area contributed by atoms with Gasteiger partial charge in [-0.1, -0.05) is 72.8 Å². The molecule has 7 heteroatoms. The number of ether oxygens (including phenoxy) is 1. The second-order valence-electron chi connectivity index (χ2n) is 10.4. The number of aromatic carboxylic acids is 1. The van der Waals surface area contributed by atoms with Crippen molar-refractivity contribution < 1.29 is 19.4 Å². The molecule has 0 aromatic heterocycles. The average Bonchev–Trinajstić information content (AvgIpc) is 2.99. The van der Waals surface area contributed by atoms with Crippen LogP contribution in [0.15, 0.2) is 91.0 Å². The normalized spacial score (nSPS) is 17.8. The number of fused-ring (bicyclic) bond motifs is 1. The minimum Gasteiger partial charge on any atom is -0.495 e. The number of urea groups is 1. The molecule has 2 amide bonds. The molecule has 1 aliphatic rings. The van der Waals surface area contributed by atoms with E-state index in [1.165, 1.54) is 41.1 Å². The van der Waals surface area contributed by atoms with Crippen LogP contribution in [0.25, 0.3) is 10.8 Å². The summed E-state index contributed by atoms with van der Waals surface area (Å²) in [5.74, 6) is -0.209. The van der Waals surface area contributed by atoms with Gasteiger partial charge in [-0.3, -0.25) is 0 Å². The number of benzene rings is 4. The molecule has 1 aliphatic heterocycles. The van der Waals surface area contributed by atoms with E-state index in [2.05, 4.69) is 84.3 Å². The summed E-state index contributed by atoms with van der Waals surface area (Å²) < 4.78 is 5.35. The lowest BCUT2D eigenvalue weighted by Crippen LogP contribution is -2.47. The molecule has 7 nitrogen and oxygen atoms in total. The number of hydrogen-bond donors (Lipinski definition) is 3. The van der Waals surface area contributed by atoms with Gasteiger partial charge < -0.3 is 25.4 Å². The van der Waals surface area contributed by atoms with E-state index in [1.54, 1.807) is 6.07 Å². The highest BCUT2D eigenvalue weighted by molar-refractivity contribution is 5.94. The fraction of sp³-hybridized carbons (Fsp3) is 0.273. The van der Waals surface area contributed by atoms with Gasteiger partial charge in [0.05, 0.1) is 18.4 Å². The Morgan fingerprint density at radius 2 is 1.75 bits per heavy atom. The molecule has 0 saturated carbocycles. The lowest BCUT2D eigenvalue weighted by molar-refractivity contribution is 0.0696. The smallest absolute Gasteiger partial charge is 0.335 e. The molecular weight excluding hydrogens is 502 g/mol. The molecule has 1 saturated heterocycles. The molecule has 3 N–H and O–H groups in total. The first-order chi connectivity index (χ1) is 19.4. The minimum atomic E-state index is -1.05. The SMILES string of the molecule is COc1cc(C(=O)O)ccc1NC(=O)N1CCC(c2ccccc2)C(CN[C@H](C)c2cccc3ccccc23)C1. The summed E-state index contributed by atoms with van der Waals surface area (Å²) in [6.45, 7) is 4.16. The first kappa shape index (κ1) is 27.2. The Labute approximate surface area is 234 Å². The molecular formula is C33H35N3O4. The molecule has 3 atom stereocenters. The number of likely N-dealkylation sites (tertiary alicyclic amines) is 1. The number of rotatable bonds is 8. The van der Waals surface area contributed by atoms with Crippen molar-refractivity contribution in [2.45, 2.75) is 25.3 Å². The predicted molar refractivity (Wildman–Crippen MR) is 158 cm³/mol. The zero-order valence-electron chi connectivity index (χ0n) is 22.8. The monoisotopic (exact) mass is 537 g/mol. The highest BCUT2D eigenvalue weighted by Crippen LogP contribution is 2.34. The number of nitrogens with one attached hydrogen (secondary N) is 2. The highest BCUT2D eigenvalue weighted by Gasteiger charge is 2.33. The molecule has 206 valence electrons. The summed E-state index contributed by atoms with van der Waals surface area (Å²) in [5, 5.41) is 18.5. The third-order valence-electron chi connectivity index (χ3n) is 7.92.